The number of amides is 2. The highest BCUT2D eigenvalue weighted by Gasteiger charge is 2.22. The van der Waals surface area contributed by atoms with Crippen molar-refractivity contribution in [1.82, 2.24) is 20.1 Å². The van der Waals surface area contributed by atoms with Crippen LogP contribution in [-0.2, 0) is 16.0 Å². The van der Waals surface area contributed by atoms with Gasteiger partial charge in [0.2, 0.25) is 11.8 Å². The molecule has 0 spiro atoms. The van der Waals surface area contributed by atoms with Crippen molar-refractivity contribution in [3.05, 3.63) is 11.1 Å². The molecule has 1 aromatic heterocycles. The minimum absolute atomic E-state index is 0.00252. The van der Waals surface area contributed by atoms with Gasteiger partial charge in [0.05, 0.1) is 18.7 Å². The molecule has 8 heteroatoms. The lowest BCUT2D eigenvalue weighted by Crippen LogP contribution is -2.51. The Bertz CT molecular complexity index is 482. The standard InChI is InChI=1S/C12H19N5O2S/c1-14-10(18)7-16-2-4-17(5-3-16)11(19)6-9-8-20-12(13)15-9/h8H,2-7H2,1H3,(H2,13,15)(H,14,18). The van der Waals surface area contributed by atoms with E-state index in [1.165, 1.54) is 11.3 Å². The molecule has 0 aliphatic carbocycles. The predicted octanol–water partition coefficient (Wildman–Crippen LogP) is -0.842. The Morgan fingerprint density at radius 2 is 2.10 bits per heavy atom. The second-order valence-corrected chi connectivity index (χ2v) is 5.57. The second-order valence-electron chi connectivity index (χ2n) is 4.68. The maximum atomic E-state index is 12.1. The van der Waals surface area contributed by atoms with E-state index in [1.54, 1.807) is 7.05 Å². The van der Waals surface area contributed by atoms with Crippen LogP contribution in [0.3, 0.4) is 0 Å². The number of thiazole rings is 1. The van der Waals surface area contributed by atoms with Crippen molar-refractivity contribution >= 4 is 28.3 Å². The van der Waals surface area contributed by atoms with Crippen molar-refractivity contribution in [2.75, 3.05) is 45.5 Å². The molecule has 0 radical (unpaired) electrons. The fraction of sp³-hybridized carbons (Fsp3) is 0.583. The molecule has 1 saturated heterocycles. The van der Waals surface area contributed by atoms with Gasteiger partial charge in [-0.25, -0.2) is 4.98 Å². The number of anilines is 1. The van der Waals surface area contributed by atoms with E-state index in [0.717, 1.165) is 18.8 Å². The van der Waals surface area contributed by atoms with Gasteiger partial charge >= 0.3 is 0 Å². The van der Waals surface area contributed by atoms with Crippen LogP contribution < -0.4 is 11.1 Å². The normalized spacial score (nSPS) is 16.1. The number of carbonyl (C=O) groups is 2. The van der Waals surface area contributed by atoms with Crippen LogP contribution in [0, 0.1) is 0 Å². The number of hydrogen-bond acceptors (Lipinski definition) is 6. The lowest BCUT2D eigenvalue weighted by molar-refractivity contribution is -0.132. The first-order chi connectivity index (χ1) is 9.58. The summed E-state index contributed by atoms with van der Waals surface area (Å²) in [4.78, 5) is 31.4. The molecule has 2 heterocycles. The minimum atomic E-state index is 0.00252. The number of nitrogens with zero attached hydrogens (tertiary/aromatic N) is 3. The molecule has 0 saturated carbocycles. The molecule has 0 unspecified atom stereocenters. The third kappa shape index (κ3) is 3.91. The lowest BCUT2D eigenvalue weighted by Gasteiger charge is -2.34. The van der Waals surface area contributed by atoms with Crippen LogP contribution >= 0.6 is 11.3 Å². The van der Waals surface area contributed by atoms with Crippen molar-refractivity contribution in [2.45, 2.75) is 6.42 Å². The van der Waals surface area contributed by atoms with Gasteiger partial charge in [-0.3, -0.25) is 14.5 Å². The van der Waals surface area contributed by atoms with Crippen LogP contribution in [0.15, 0.2) is 5.38 Å². The molecule has 0 bridgehead atoms. The third-order valence-electron chi connectivity index (χ3n) is 3.27. The number of likely N-dealkylation sites (N-methyl/N-ethyl adjacent to an activating group) is 1. The molecular formula is C12H19N5O2S. The second kappa shape index (κ2) is 6.67. The zero-order valence-corrected chi connectivity index (χ0v) is 12.3. The summed E-state index contributed by atoms with van der Waals surface area (Å²) in [5.74, 6) is 0.0672. The van der Waals surface area contributed by atoms with Crippen LogP contribution in [0.25, 0.3) is 0 Å². The van der Waals surface area contributed by atoms with Crippen molar-refractivity contribution in [3.63, 3.8) is 0 Å². The monoisotopic (exact) mass is 297 g/mol. The first-order valence-electron chi connectivity index (χ1n) is 6.49. The summed E-state index contributed by atoms with van der Waals surface area (Å²) in [7, 11) is 1.63. The molecule has 2 amide bonds. The molecule has 1 aromatic rings. The Morgan fingerprint density at radius 3 is 2.65 bits per heavy atom. The molecule has 110 valence electrons. The Labute approximate surface area is 121 Å². The predicted molar refractivity (Wildman–Crippen MR) is 77.3 cm³/mol. The molecular weight excluding hydrogens is 278 g/mol. The average Bonchev–Trinajstić information content (AvgIpc) is 2.84. The number of nitrogens with two attached hydrogens (primary N) is 1. The molecule has 3 N–H and O–H groups in total. The van der Waals surface area contributed by atoms with Crippen LogP contribution in [-0.4, -0.2) is 66.4 Å². The van der Waals surface area contributed by atoms with E-state index in [-0.39, 0.29) is 11.8 Å². The Balaban J connectivity index is 1.78. The van der Waals surface area contributed by atoms with E-state index < -0.39 is 0 Å². The van der Waals surface area contributed by atoms with E-state index >= 15 is 0 Å². The van der Waals surface area contributed by atoms with E-state index in [9.17, 15) is 9.59 Å². The van der Waals surface area contributed by atoms with Crippen LogP contribution in [0.1, 0.15) is 5.69 Å². The topological polar surface area (TPSA) is 91.6 Å². The van der Waals surface area contributed by atoms with Gasteiger partial charge in [-0.1, -0.05) is 0 Å². The maximum absolute atomic E-state index is 12.1. The number of rotatable bonds is 4. The Kier molecular flexibility index (Phi) is 4.91. The number of hydrogen-bond donors (Lipinski definition) is 2. The molecule has 1 aliphatic rings. The number of nitrogens with one attached hydrogen (secondary N) is 1. The van der Waals surface area contributed by atoms with Crippen molar-refractivity contribution < 1.29 is 9.59 Å². The van der Waals surface area contributed by atoms with E-state index in [2.05, 4.69) is 10.3 Å². The van der Waals surface area contributed by atoms with Gasteiger partial charge in [0, 0.05) is 38.6 Å². The zero-order chi connectivity index (χ0) is 14.5. The fourth-order valence-corrected chi connectivity index (χ4v) is 2.67. The number of piperazine rings is 1. The van der Waals surface area contributed by atoms with Gasteiger partial charge in [0.1, 0.15) is 0 Å². The average molecular weight is 297 g/mol. The third-order valence-corrected chi connectivity index (χ3v) is 4.00. The van der Waals surface area contributed by atoms with Crippen molar-refractivity contribution in [3.8, 4) is 0 Å². The maximum Gasteiger partial charge on any atom is 0.233 e. The Hall–Kier alpha value is -1.67. The quantitative estimate of drug-likeness (QED) is 0.756. The van der Waals surface area contributed by atoms with Crippen LogP contribution in [0.4, 0.5) is 5.13 Å². The molecule has 2 rings (SSSR count). The van der Waals surface area contributed by atoms with Crippen LogP contribution in [0.2, 0.25) is 0 Å². The van der Waals surface area contributed by atoms with Gasteiger partial charge in [-0.2, -0.15) is 0 Å². The largest absolute Gasteiger partial charge is 0.375 e. The summed E-state index contributed by atoms with van der Waals surface area (Å²) in [6, 6.07) is 0. The summed E-state index contributed by atoms with van der Waals surface area (Å²) in [5.41, 5.74) is 6.28. The summed E-state index contributed by atoms with van der Waals surface area (Å²) < 4.78 is 0. The fourth-order valence-electron chi connectivity index (χ4n) is 2.11. The minimum Gasteiger partial charge on any atom is -0.375 e. The molecule has 0 aromatic carbocycles. The molecule has 0 atom stereocenters. The number of aromatic nitrogens is 1. The van der Waals surface area contributed by atoms with E-state index in [0.29, 0.717) is 31.2 Å². The molecule has 1 fully saturated rings. The molecule has 1 aliphatic heterocycles. The van der Waals surface area contributed by atoms with Gasteiger partial charge in [-0.05, 0) is 0 Å². The summed E-state index contributed by atoms with van der Waals surface area (Å²) in [6.07, 6.45) is 0.295. The summed E-state index contributed by atoms with van der Waals surface area (Å²) >= 11 is 1.35. The van der Waals surface area contributed by atoms with Crippen molar-refractivity contribution in [1.29, 1.82) is 0 Å². The van der Waals surface area contributed by atoms with Gasteiger partial charge in [0.15, 0.2) is 5.13 Å². The van der Waals surface area contributed by atoms with Gasteiger partial charge in [-0.15, -0.1) is 11.3 Å². The smallest absolute Gasteiger partial charge is 0.233 e. The van der Waals surface area contributed by atoms with E-state index in [4.69, 9.17) is 5.73 Å². The summed E-state index contributed by atoms with van der Waals surface area (Å²) in [6.45, 7) is 3.13. The van der Waals surface area contributed by atoms with Crippen molar-refractivity contribution in [2.24, 2.45) is 0 Å². The molecule has 20 heavy (non-hydrogen) atoms. The molecule has 7 nitrogen and oxygen atoms in total. The number of nitrogen functional groups attached to an aromatic ring is 1. The first kappa shape index (κ1) is 14.7. The SMILES string of the molecule is CNC(=O)CN1CCN(C(=O)Cc2csc(N)n2)CC1. The zero-order valence-electron chi connectivity index (χ0n) is 11.5. The number of carbonyl (C=O) groups excluding carboxylic acids is 2. The Morgan fingerprint density at radius 1 is 1.40 bits per heavy atom. The first-order valence-corrected chi connectivity index (χ1v) is 7.37. The summed E-state index contributed by atoms with van der Waals surface area (Å²) in [5, 5.41) is 4.90. The highest BCUT2D eigenvalue weighted by atomic mass is 32.1. The van der Waals surface area contributed by atoms with Gasteiger partial charge in [0.25, 0.3) is 0 Å². The lowest BCUT2D eigenvalue weighted by atomic mass is 10.2. The highest BCUT2D eigenvalue weighted by Crippen LogP contribution is 2.13. The van der Waals surface area contributed by atoms with E-state index in [1.807, 2.05) is 15.2 Å². The highest BCUT2D eigenvalue weighted by molar-refractivity contribution is 7.13. The van der Waals surface area contributed by atoms with Crippen LogP contribution in [0.5, 0.6) is 0 Å². The van der Waals surface area contributed by atoms with Gasteiger partial charge < -0.3 is 16.0 Å².